The molecule has 0 saturated heterocycles. The molecule has 0 bridgehead atoms. The van der Waals surface area contributed by atoms with Crippen molar-refractivity contribution in [3.8, 4) is 33.8 Å². The number of aromatic nitrogens is 2. The van der Waals surface area contributed by atoms with Gasteiger partial charge in [0.1, 0.15) is 28.0 Å². The number of nitrogens with zero attached hydrogens (tertiary/aromatic N) is 2. The standard InChI is InChI=1S/C34H20N2O2/c1-3-10-21(11-4-1)23-18-19-24-29(20-23)37-28-17-9-15-26(30(24)28)32-33-31(25-14-7-8-16-27(25)38-33)35-34(36-32)22-12-5-2-6-13-22/h1-20H. The van der Waals surface area contributed by atoms with Crippen LogP contribution in [0.3, 0.4) is 0 Å². The Bertz CT molecular complexity index is 2120. The van der Waals surface area contributed by atoms with Gasteiger partial charge in [0.15, 0.2) is 11.4 Å². The highest BCUT2D eigenvalue weighted by Crippen LogP contribution is 2.41. The van der Waals surface area contributed by atoms with E-state index >= 15 is 0 Å². The van der Waals surface area contributed by atoms with E-state index in [9.17, 15) is 0 Å². The van der Waals surface area contributed by atoms with Crippen molar-refractivity contribution in [1.29, 1.82) is 0 Å². The minimum absolute atomic E-state index is 0.663. The third-order valence-corrected chi connectivity index (χ3v) is 7.11. The van der Waals surface area contributed by atoms with Gasteiger partial charge in [-0.15, -0.1) is 0 Å². The van der Waals surface area contributed by atoms with Crippen molar-refractivity contribution in [2.24, 2.45) is 0 Å². The molecule has 3 heterocycles. The van der Waals surface area contributed by atoms with E-state index in [0.29, 0.717) is 11.4 Å². The van der Waals surface area contributed by atoms with Crippen LogP contribution in [0.4, 0.5) is 0 Å². The molecule has 0 amide bonds. The van der Waals surface area contributed by atoms with Crippen molar-refractivity contribution >= 4 is 44.0 Å². The van der Waals surface area contributed by atoms with Gasteiger partial charge in [-0.3, -0.25) is 0 Å². The largest absolute Gasteiger partial charge is 0.456 e. The molecule has 38 heavy (non-hydrogen) atoms. The monoisotopic (exact) mass is 488 g/mol. The van der Waals surface area contributed by atoms with Gasteiger partial charge in [-0.1, -0.05) is 91.0 Å². The van der Waals surface area contributed by atoms with Gasteiger partial charge in [0.05, 0.1) is 0 Å². The molecule has 3 aromatic heterocycles. The van der Waals surface area contributed by atoms with Crippen molar-refractivity contribution < 1.29 is 8.83 Å². The second-order valence-electron chi connectivity index (χ2n) is 9.40. The van der Waals surface area contributed by atoms with Crippen LogP contribution in [0.1, 0.15) is 0 Å². The van der Waals surface area contributed by atoms with Crippen LogP contribution in [-0.2, 0) is 0 Å². The Kier molecular flexibility index (Phi) is 4.49. The first-order valence-electron chi connectivity index (χ1n) is 12.6. The summed E-state index contributed by atoms with van der Waals surface area (Å²) in [4.78, 5) is 10.1. The van der Waals surface area contributed by atoms with Gasteiger partial charge in [-0.25, -0.2) is 9.97 Å². The molecule has 0 unspecified atom stereocenters. The number of fused-ring (bicyclic) bond motifs is 6. The molecule has 8 aromatic rings. The van der Waals surface area contributed by atoms with Gasteiger partial charge in [0, 0.05) is 27.3 Å². The number of benzene rings is 5. The van der Waals surface area contributed by atoms with E-state index in [1.54, 1.807) is 0 Å². The molecule has 4 heteroatoms. The van der Waals surface area contributed by atoms with Gasteiger partial charge < -0.3 is 8.83 Å². The van der Waals surface area contributed by atoms with Crippen molar-refractivity contribution in [3.63, 3.8) is 0 Å². The van der Waals surface area contributed by atoms with Gasteiger partial charge in [0.25, 0.3) is 0 Å². The van der Waals surface area contributed by atoms with Gasteiger partial charge in [0.2, 0.25) is 0 Å². The quantitative estimate of drug-likeness (QED) is 0.249. The summed E-state index contributed by atoms with van der Waals surface area (Å²) in [6.07, 6.45) is 0. The lowest BCUT2D eigenvalue weighted by atomic mass is 10.00. The molecule has 8 rings (SSSR count). The van der Waals surface area contributed by atoms with Gasteiger partial charge in [-0.2, -0.15) is 0 Å². The normalized spacial score (nSPS) is 11.7. The number of para-hydroxylation sites is 1. The maximum Gasteiger partial charge on any atom is 0.180 e. The van der Waals surface area contributed by atoms with E-state index in [2.05, 4.69) is 36.4 Å². The molecule has 0 saturated carbocycles. The van der Waals surface area contributed by atoms with Crippen molar-refractivity contribution in [2.75, 3.05) is 0 Å². The number of rotatable bonds is 3. The molecule has 4 nitrogen and oxygen atoms in total. The van der Waals surface area contributed by atoms with Crippen molar-refractivity contribution in [1.82, 2.24) is 9.97 Å². The van der Waals surface area contributed by atoms with Gasteiger partial charge in [-0.05, 0) is 41.5 Å². The van der Waals surface area contributed by atoms with E-state index < -0.39 is 0 Å². The second-order valence-corrected chi connectivity index (χ2v) is 9.40. The molecule has 0 aliphatic rings. The summed E-state index contributed by atoms with van der Waals surface area (Å²) in [6, 6.07) is 40.9. The number of hydrogen-bond acceptors (Lipinski definition) is 4. The highest BCUT2D eigenvalue weighted by molar-refractivity contribution is 6.16. The fourth-order valence-corrected chi connectivity index (χ4v) is 5.32. The Balaban J connectivity index is 1.44. The summed E-state index contributed by atoms with van der Waals surface area (Å²) in [6.45, 7) is 0. The van der Waals surface area contributed by atoms with E-state index in [1.807, 2.05) is 84.9 Å². The Labute approximate surface area is 217 Å². The lowest BCUT2D eigenvalue weighted by molar-refractivity contribution is 0.667. The zero-order valence-corrected chi connectivity index (χ0v) is 20.3. The summed E-state index contributed by atoms with van der Waals surface area (Å²) in [5, 5.41) is 3.03. The lowest BCUT2D eigenvalue weighted by Crippen LogP contribution is -1.94. The van der Waals surface area contributed by atoms with E-state index in [0.717, 1.165) is 66.4 Å². The van der Waals surface area contributed by atoms with Crippen LogP contribution < -0.4 is 0 Å². The molecule has 0 aliphatic heterocycles. The van der Waals surface area contributed by atoms with Crippen molar-refractivity contribution in [2.45, 2.75) is 0 Å². The average Bonchev–Trinajstić information content (AvgIpc) is 3.55. The van der Waals surface area contributed by atoms with E-state index in [4.69, 9.17) is 18.8 Å². The zero-order chi connectivity index (χ0) is 25.1. The minimum atomic E-state index is 0.663. The summed E-state index contributed by atoms with van der Waals surface area (Å²) in [7, 11) is 0. The van der Waals surface area contributed by atoms with Crippen LogP contribution in [0.2, 0.25) is 0 Å². The third-order valence-electron chi connectivity index (χ3n) is 7.11. The van der Waals surface area contributed by atoms with Crippen LogP contribution >= 0.6 is 0 Å². The van der Waals surface area contributed by atoms with Crippen LogP contribution in [0, 0.1) is 0 Å². The Morgan fingerprint density at radius 1 is 0.474 bits per heavy atom. The van der Waals surface area contributed by atoms with Crippen LogP contribution in [-0.4, -0.2) is 9.97 Å². The molecular formula is C34H20N2O2. The van der Waals surface area contributed by atoms with Crippen LogP contribution in [0.15, 0.2) is 130 Å². The topological polar surface area (TPSA) is 52.1 Å². The molecule has 0 aliphatic carbocycles. The maximum absolute atomic E-state index is 6.39. The molecule has 5 aromatic carbocycles. The fourth-order valence-electron chi connectivity index (χ4n) is 5.32. The smallest absolute Gasteiger partial charge is 0.180 e. The Morgan fingerprint density at radius 3 is 2.05 bits per heavy atom. The molecule has 0 N–H and O–H groups in total. The SMILES string of the molecule is c1ccc(-c2ccc3c(c2)oc2cccc(-c4nc(-c5ccccc5)nc5c4oc4ccccc45)c23)cc1. The second kappa shape index (κ2) is 8.15. The summed E-state index contributed by atoms with van der Waals surface area (Å²) >= 11 is 0. The highest BCUT2D eigenvalue weighted by Gasteiger charge is 2.21. The van der Waals surface area contributed by atoms with Gasteiger partial charge >= 0.3 is 0 Å². The number of furan rings is 2. The molecule has 0 fully saturated rings. The van der Waals surface area contributed by atoms with Crippen LogP contribution in [0.25, 0.3) is 77.8 Å². The van der Waals surface area contributed by atoms with E-state index in [1.165, 1.54) is 0 Å². The fraction of sp³-hybridized carbons (Fsp3) is 0. The summed E-state index contributed by atoms with van der Waals surface area (Å²) < 4.78 is 12.8. The minimum Gasteiger partial charge on any atom is -0.456 e. The Morgan fingerprint density at radius 2 is 1.21 bits per heavy atom. The predicted octanol–water partition coefficient (Wildman–Crippen LogP) is 9.28. The van der Waals surface area contributed by atoms with Crippen LogP contribution in [0.5, 0.6) is 0 Å². The molecule has 178 valence electrons. The average molecular weight is 489 g/mol. The lowest BCUT2D eigenvalue weighted by Gasteiger charge is -2.07. The molecule has 0 radical (unpaired) electrons. The first-order chi connectivity index (χ1) is 18.8. The maximum atomic E-state index is 6.39. The number of hydrogen-bond donors (Lipinski definition) is 0. The third kappa shape index (κ3) is 3.17. The highest BCUT2D eigenvalue weighted by atomic mass is 16.3. The molecule has 0 spiro atoms. The molecular weight excluding hydrogens is 468 g/mol. The summed E-state index contributed by atoms with van der Waals surface area (Å²) in [5.74, 6) is 0.663. The molecule has 0 atom stereocenters. The Hall–Kier alpha value is -5.22. The van der Waals surface area contributed by atoms with Crippen molar-refractivity contribution in [3.05, 3.63) is 121 Å². The van der Waals surface area contributed by atoms with E-state index in [-0.39, 0.29) is 0 Å². The first-order valence-corrected chi connectivity index (χ1v) is 12.6. The zero-order valence-electron chi connectivity index (χ0n) is 20.3. The summed E-state index contributed by atoms with van der Waals surface area (Å²) in [5.41, 5.74) is 8.86. The first kappa shape index (κ1) is 20.9. The predicted molar refractivity (Wildman–Crippen MR) is 153 cm³/mol.